The molecule has 0 aromatic carbocycles. The van der Waals surface area contributed by atoms with Crippen LogP contribution in [0.1, 0.15) is 36.3 Å². The molecule has 1 aromatic rings. The Kier molecular flexibility index (Phi) is 4.67. The van der Waals surface area contributed by atoms with E-state index in [2.05, 4.69) is 35.2 Å². The Morgan fingerprint density at radius 3 is 3.00 bits per heavy atom. The lowest BCUT2D eigenvalue weighted by Gasteiger charge is -2.45. The minimum absolute atomic E-state index is 0.813. The molecule has 2 aliphatic rings. The van der Waals surface area contributed by atoms with Crippen molar-refractivity contribution in [2.24, 2.45) is 5.92 Å². The van der Waals surface area contributed by atoms with Crippen LogP contribution in [0, 0.1) is 12.8 Å². The molecule has 21 heavy (non-hydrogen) atoms. The Hall–Kier alpha value is -0.840. The van der Waals surface area contributed by atoms with Crippen molar-refractivity contribution in [3.63, 3.8) is 0 Å². The smallest absolute Gasteiger partial charge is 0.120 e. The third-order valence-electron chi connectivity index (χ3n) is 5.22. The van der Waals surface area contributed by atoms with E-state index in [1.165, 1.54) is 44.5 Å². The lowest BCUT2D eigenvalue weighted by molar-refractivity contribution is 0.0328. The molecule has 2 aliphatic heterocycles. The zero-order chi connectivity index (χ0) is 14.8. The Balaban J connectivity index is 1.60. The third-order valence-corrected chi connectivity index (χ3v) is 5.22. The Morgan fingerprint density at radius 2 is 2.19 bits per heavy atom. The first kappa shape index (κ1) is 15.1. The van der Waals surface area contributed by atoms with Crippen LogP contribution < -0.4 is 5.32 Å². The van der Waals surface area contributed by atoms with Crippen molar-refractivity contribution in [2.75, 3.05) is 33.7 Å². The molecule has 118 valence electrons. The van der Waals surface area contributed by atoms with E-state index in [0.29, 0.717) is 0 Å². The van der Waals surface area contributed by atoms with Crippen LogP contribution in [0.4, 0.5) is 0 Å². The second-order valence-corrected chi connectivity index (χ2v) is 6.82. The molecule has 0 amide bonds. The highest BCUT2D eigenvalue weighted by molar-refractivity contribution is 5.20. The van der Waals surface area contributed by atoms with E-state index in [-0.39, 0.29) is 0 Å². The van der Waals surface area contributed by atoms with Crippen molar-refractivity contribution in [1.29, 1.82) is 0 Å². The van der Waals surface area contributed by atoms with E-state index < -0.39 is 0 Å². The van der Waals surface area contributed by atoms with E-state index in [1.807, 2.05) is 7.05 Å². The van der Waals surface area contributed by atoms with Crippen LogP contribution in [0.3, 0.4) is 0 Å². The highest BCUT2D eigenvalue weighted by Crippen LogP contribution is 2.30. The molecule has 1 N–H and O–H groups in total. The summed E-state index contributed by atoms with van der Waals surface area (Å²) in [5, 5.41) is 3.17. The second-order valence-electron chi connectivity index (χ2n) is 6.82. The van der Waals surface area contributed by atoms with Crippen molar-refractivity contribution in [3.8, 4) is 0 Å². The van der Waals surface area contributed by atoms with Crippen LogP contribution in [0.15, 0.2) is 10.5 Å². The van der Waals surface area contributed by atoms with Gasteiger partial charge in [-0.25, -0.2) is 0 Å². The van der Waals surface area contributed by atoms with Gasteiger partial charge in [-0.1, -0.05) is 0 Å². The minimum atomic E-state index is 0.813. The first-order valence-electron chi connectivity index (χ1n) is 8.32. The summed E-state index contributed by atoms with van der Waals surface area (Å²) in [6.07, 6.45) is 4.07. The van der Waals surface area contributed by atoms with Crippen LogP contribution in [0.2, 0.25) is 0 Å². The summed E-state index contributed by atoms with van der Waals surface area (Å²) in [6.45, 7) is 7.65. The fraction of sp³-hybridized carbons (Fsp3) is 0.765. The van der Waals surface area contributed by atoms with Crippen molar-refractivity contribution >= 4 is 0 Å². The molecule has 1 aromatic heterocycles. The van der Waals surface area contributed by atoms with Crippen molar-refractivity contribution in [3.05, 3.63) is 23.2 Å². The van der Waals surface area contributed by atoms with Crippen molar-refractivity contribution < 1.29 is 4.42 Å². The van der Waals surface area contributed by atoms with Crippen molar-refractivity contribution in [2.45, 2.75) is 45.3 Å². The number of furan rings is 1. The summed E-state index contributed by atoms with van der Waals surface area (Å²) < 4.78 is 6.00. The van der Waals surface area contributed by atoms with E-state index in [1.54, 1.807) is 0 Å². The van der Waals surface area contributed by atoms with Gasteiger partial charge in [-0.3, -0.25) is 4.90 Å². The van der Waals surface area contributed by atoms with Gasteiger partial charge in [-0.15, -0.1) is 0 Å². The molecule has 2 fully saturated rings. The van der Waals surface area contributed by atoms with Crippen molar-refractivity contribution in [1.82, 2.24) is 15.1 Å². The maximum Gasteiger partial charge on any atom is 0.120 e. The van der Waals surface area contributed by atoms with Gasteiger partial charge in [0.25, 0.3) is 0 Å². The number of aryl methyl sites for hydroxylation is 1. The van der Waals surface area contributed by atoms with Crippen LogP contribution >= 0.6 is 0 Å². The molecule has 2 atom stereocenters. The maximum atomic E-state index is 6.00. The molecule has 2 unspecified atom stereocenters. The van der Waals surface area contributed by atoms with E-state index in [4.69, 9.17) is 4.42 Å². The first-order valence-corrected chi connectivity index (χ1v) is 8.32. The Morgan fingerprint density at radius 1 is 1.33 bits per heavy atom. The summed E-state index contributed by atoms with van der Waals surface area (Å²) >= 11 is 0. The number of hydrogen-bond donors (Lipinski definition) is 1. The molecule has 2 saturated heterocycles. The monoisotopic (exact) mass is 291 g/mol. The summed E-state index contributed by atoms with van der Waals surface area (Å²) in [7, 11) is 4.26. The van der Waals surface area contributed by atoms with Gasteiger partial charge in [0.15, 0.2) is 0 Å². The molecule has 4 heteroatoms. The van der Waals surface area contributed by atoms with Gasteiger partial charge < -0.3 is 14.6 Å². The number of nitrogens with zero attached hydrogens (tertiary/aromatic N) is 2. The predicted molar refractivity (Wildman–Crippen MR) is 85.2 cm³/mol. The normalized spacial score (nSPS) is 27.8. The van der Waals surface area contributed by atoms with Gasteiger partial charge in [0.2, 0.25) is 0 Å². The molecular formula is C17H29N3O. The van der Waals surface area contributed by atoms with Gasteiger partial charge in [0.1, 0.15) is 11.5 Å². The molecule has 3 heterocycles. The largest absolute Gasteiger partial charge is 0.463 e. The van der Waals surface area contributed by atoms with Crippen LogP contribution in [0.25, 0.3) is 0 Å². The quantitative estimate of drug-likeness (QED) is 0.922. The molecule has 4 nitrogen and oxygen atoms in total. The molecule has 0 radical (unpaired) electrons. The molecular weight excluding hydrogens is 262 g/mol. The highest BCUT2D eigenvalue weighted by atomic mass is 16.3. The summed E-state index contributed by atoms with van der Waals surface area (Å²) in [4.78, 5) is 5.16. The summed E-state index contributed by atoms with van der Waals surface area (Å²) in [6, 6.07) is 3.03. The number of piperidine rings is 2. The lowest BCUT2D eigenvalue weighted by Crippen LogP contribution is -2.52. The standard InChI is InChI=1S/C17H29N3O/c1-13-9-15(21-17(13)10-18-2)12-20-8-6-16-14(11-20)5-4-7-19(16)3/h9,14,16,18H,4-8,10-12H2,1-3H3. The SMILES string of the molecule is CNCc1oc(CN2CCC3C(CCCN3C)C2)cc1C. The fourth-order valence-electron chi connectivity index (χ4n) is 4.10. The number of hydrogen-bond acceptors (Lipinski definition) is 4. The average Bonchev–Trinajstić information content (AvgIpc) is 2.79. The van der Waals surface area contributed by atoms with E-state index in [0.717, 1.165) is 36.6 Å². The second kappa shape index (κ2) is 6.51. The average molecular weight is 291 g/mol. The zero-order valence-electron chi connectivity index (χ0n) is 13.7. The van der Waals surface area contributed by atoms with E-state index >= 15 is 0 Å². The Bertz CT molecular complexity index is 471. The maximum absolute atomic E-state index is 6.00. The van der Waals surface area contributed by atoms with Gasteiger partial charge in [-0.05, 0) is 64.4 Å². The van der Waals surface area contributed by atoms with Gasteiger partial charge >= 0.3 is 0 Å². The van der Waals surface area contributed by atoms with E-state index in [9.17, 15) is 0 Å². The van der Waals surface area contributed by atoms with Crippen LogP contribution in [-0.2, 0) is 13.1 Å². The third kappa shape index (κ3) is 3.33. The summed E-state index contributed by atoms with van der Waals surface area (Å²) in [5.41, 5.74) is 1.27. The minimum Gasteiger partial charge on any atom is -0.463 e. The number of fused-ring (bicyclic) bond motifs is 1. The first-order chi connectivity index (χ1) is 10.2. The number of rotatable bonds is 4. The van der Waals surface area contributed by atoms with Gasteiger partial charge in [-0.2, -0.15) is 0 Å². The lowest BCUT2D eigenvalue weighted by atomic mass is 9.84. The molecule has 0 spiro atoms. The highest BCUT2D eigenvalue weighted by Gasteiger charge is 2.34. The predicted octanol–water partition coefficient (Wildman–Crippen LogP) is 2.22. The fourth-order valence-corrected chi connectivity index (χ4v) is 4.10. The topological polar surface area (TPSA) is 31.7 Å². The Labute approximate surface area is 128 Å². The molecule has 0 saturated carbocycles. The number of likely N-dealkylation sites (tertiary alicyclic amines) is 2. The van der Waals surface area contributed by atoms with Gasteiger partial charge in [0, 0.05) is 19.1 Å². The zero-order valence-corrected chi connectivity index (χ0v) is 13.7. The molecule has 3 rings (SSSR count). The summed E-state index contributed by atoms with van der Waals surface area (Å²) in [5.74, 6) is 3.06. The van der Waals surface area contributed by atoms with Gasteiger partial charge in [0.05, 0.1) is 13.1 Å². The molecule has 0 aliphatic carbocycles. The number of nitrogens with one attached hydrogen (secondary N) is 1. The molecule has 0 bridgehead atoms. The van der Waals surface area contributed by atoms with Crippen LogP contribution in [0.5, 0.6) is 0 Å². The van der Waals surface area contributed by atoms with Crippen LogP contribution in [-0.4, -0.2) is 49.6 Å².